The van der Waals surface area contributed by atoms with Crippen LogP contribution in [0, 0.1) is 0 Å². The van der Waals surface area contributed by atoms with E-state index in [1.807, 2.05) is 25.1 Å². The van der Waals surface area contributed by atoms with E-state index >= 15 is 0 Å². The van der Waals surface area contributed by atoms with Crippen LogP contribution in [0.25, 0.3) is 0 Å². The molecular weight excluding hydrogens is 278 g/mol. The van der Waals surface area contributed by atoms with Gasteiger partial charge in [0.05, 0.1) is 5.25 Å². The van der Waals surface area contributed by atoms with E-state index in [1.54, 1.807) is 18.0 Å². The summed E-state index contributed by atoms with van der Waals surface area (Å²) in [6.07, 6.45) is 2.56. The average Bonchev–Trinajstić information content (AvgIpc) is 2.80. The molecule has 1 saturated heterocycles. The number of carbonyl (C=O) groups excluding carboxylic acids is 1. The van der Waals surface area contributed by atoms with Crippen molar-refractivity contribution in [3.05, 3.63) is 30.3 Å². The molecule has 4 nitrogen and oxygen atoms in total. The molecule has 1 unspecified atom stereocenters. The zero-order valence-corrected chi connectivity index (χ0v) is 12.2. The van der Waals surface area contributed by atoms with Crippen LogP contribution in [-0.4, -0.2) is 28.3 Å². The van der Waals surface area contributed by atoms with Crippen LogP contribution < -0.4 is 5.32 Å². The summed E-state index contributed by atoms with van der Waals surface area (Å²) in [4.78, 5) is 12.6. The Morgan fingerprint density at radius 2 is 2.21 bits per heavy atom. The third-order valence-electron chi connectivity index (χ3n) is 2.45. The molecule has 0 radical (unpaired) electrons. The van der Waals surface area contributed by atoms with Gasteiger partial charge in [0, 0.05) is 16.9 Å². The van der Waals surface area contributed by atoms with Gasteiger partial charge in [-0.05, 0) is 18.6 Å². The largest absolute Gasteiger partial charge is 0.303 e. The second-order valence-electron chi connectivity index (χ2n) is 3.83. The van der Waals surface area contributed by atoms with E-state index in [9.17, 15) is 4.79 Å². The number of thioether (sulfide) groups is 2. The molecule has 0 spiro atoms. The fraction of sp³-hybridized carbons (Fsp3) is 0.308. The molecular formula is C13H15N3OS2. The summed E-state index contributed by atoms with van der Waals surface area (Å²) in [5, 5.41) is 11.3. The van der Waals surface area contributed by atoms with Crippen LogP contribution in [0.15, 0.2) is 45.4 Å². The molecule has 1 aromatic rings. The first-order valence-electron chi connectivity index (χ1n) is 6.04. The Kier molecular flexibility index (Phi) is 5.47. The Balaban J connectivity index is 1.76. The van der Waals surface area contributed by atoms with Gasteiger partial charge in [0.25, 0.3) is 0 Å². The van der Waals surface area contributed by atoms with E-state index in [4.69, 9.17) is 0 Å². The van der Waals surface area contributed by atoms with Gasteiger partial charge in [-0.3, -0.25) is 4.79 Å². The number of benzene rings is 1. The van der Waals surface area contributed by atoms with Crippen LogP contribution in [0.4, 0.5) is 0 Å². The highest BCUT2D eigenvalue weighted by atomic mass is 32.2. The SMILES string of the molecule is CCC1S/C(=N\N=C/CSc2ccccc2)NC1=O. The van der Waals surface area contributed by atoms with Crippen molar-refractivity contribution < 1.29 is 4.79 Å². The Morgan fingerprint density at radius 1 is 1.42 bits per heavy atom. The first-order chi connectivity index (χ1) is 9.29. The van der Waals surface area contributed by atoms with Crippen molar-refractivity contribution in [1.29, 1.82) is 0 Å². The van der Waals surface area contributed by atoms with Gasteiger partial charge in [-0.2, -0.15) is 5.10 Å². The zero-order valence-electron chi connectivity index (χ0n) is 10.6. The quantitative estimate of drug-likeness (QED) is 0.516. The predicted molar refractivity (Wildman–Crippen MR) is 82.9 cm³/mol. The van der Waals surface area contributed by atoms with Crippen LogP contribution in [0.1, 0.15) is 13.3 Å². The summed E-state index contributed by atoms with van der Waals surface area (Å²) in [5.41, 5.74) is 0. The van der Waals surface area contributed by atoms with E-state index in [1.165, 1.54) is 16.7 Å². The number of carbonyl (C=O) groups is 1. The number of hydrogen-bond donors (Lipinski definition) is 1. The lowest BCUT2D eigenvalue weighted by atomic mass is 10.3. The van der Waals surface area contributed by atoms with Crippen molar-refractivity contribution in [3.8, 4) is 0 Å². The molecule has 1 amide bonds. The molecule has 19 heavy (non-hydrogen) atoms. The smallest absolute Gasteiger partial charge is 0.239 e. The van der Waals surface area contributed by atoms with Crippen molar-refractivity contribution in [1.82, 2.24) is 5.32 Å². The molecule has 1 heterocycles. The average molecular weight is 293 g/mol. The zero-order chi connectivity index (χ0) is 13.5. The highest BCUT2D eigenvalue weighted by molar-refractivity contribution is 8.15. The molecule has 1 aromatic carbocycles. The maximum absolute atomic E-state index is 11.4. The highest BCUT2D eigenvalue weighted by Crippen LogP contribution is 2.21. The van der Waals surface area contributed by atoms with E-state index < -0.39 is 0 Å². The van der Waals surface area contributed by atoms with Crippen molar-refractivity contribution in [2.75, 3.05) is 5.75 Å². The molecule has 1 N–H and O–H groups in total. The second-order valence-corrected chi connectivity index (χ2v) is 6.12. The van der Waals surface area contributed by atoms with E-state index in [0.717, 1.165) is 12.2 Å². The Morgan fingerprint density at radius 3 is 2.89 bits per heavy atom. The molecule has 0 aromatic heterocycles. The third-order valence-corrected chi connectivity index (χ3v) is 4.61. The third kappa shape index (κ3) is 4.40. The van der Waals surface area contributed by atoms with Crippen LogP contribution in [-0.2, 0) is 4.79 Å². The monoisotopic (exact) mass is 293 g/mol. The lowest BCUT2D eigenvalue weighted by Gasteiger charge is -1.96. The molecule has 2 rings (SSSR count). The summed E-state index contributed by atoms with van der Waals surface area (Å²) in [5.74, 6) is 0.788. The first kappa shape index (κ1) is 14.1. The van der Waals surface area contributed by atoms with Crippen LogP contribution in [0.3, 0.4) is 0 Å². The van der Waals surface area contributed by atoms with E-state index in [0.29, 0.717) is 5.17 Å². The van der Waals surface area contributed by atoms with Gasteiger partial charge in [0.1, 0.15) is 0 Å². The van der Waals surface area contributed by atoms with Gasteiger partial charge in [0.15, 0.2) is 5.17 Å². The molecule has 6 heteroatoms. The van der Waals surface area contributed by atoms with Gasteiger partial charge >= 0.3 is 0 Å². The fourth-order valence-electron chi connectivity index (χ4n) is 1.50. The first-order valence-corrected chi connectivity index (χ1v) is 7.91. The predicted octanol–water partition coefficient (Wildman–Crippen LogP) is 2.76. The molecule has 1 aliphatic rings. The normalized spacial score (nSPS) is 21.2. The van der Waals surface area contributed by atoms with Gasteiger partial charge in [0.2, 0.25) is 5.91 Å². The lowest BCUT2D eigenvalue weighted by molar-refractivity contribution is -0.118. The number of rotatable bonds is 5. The summed E-state index contributed by atoms with van der Waals surface area (Å²) in [6.45, 7) is 1.99. The van der Waals surface area contributed by atoms with Crippen molar-refractivity contribution in [2.24, 2.45) is 10.2 Å². The van der Waals surface area contributed by atoms with Crippen LogP contribution in [0.2, 0.25) is 0 Å². The maximum atomic E-state index is 11.4. The van der Waals surface area contributed by atoms with Gasteiger partial charge in [-0.1, -0.05) is 36.9 Å². The fourth-order valence-corrected chi connectivity index (χ4v) is 3.04. The minimum absolute atomic E-state index is 0.0207. The molecule has 0 aliphatic carbocycles. The van der Waals surface area contributed by atoms with Crippen molar-refractivity contribution in [2.45, 2.75) is 23.5 Å². The molecule has 1 fully saturated rings. The summed E-state index contributed by atoms with van der Waals surface area (Å²) in [6, 6.07) is 10.1. The number of amidine groups is 1. The molecule has 1 aliphatic heterocycles. The summed E-state index contributed by atoms with van der Waals surface area (Å²) >= 11 is 3.14. The van der Waals surface area contributed by atoms with Crippen molar-refractivity contribution >= 4 is 40.8 Å². The molecule has 0 saturated carbocycles. The van der Waals surface area contributed by atoms with E-state index in [-0.39, 0.29) is 11.2 Å². The van der Waals surface area contributed by atoms with E-state index in [2.05, 4.69) is 27.7 Å². The molecule has 0 bridgehead atoms. The van der Waals surface area contributed by atoms with Crippen molar-refractivity contribution in [3.63, 3.8) is 0 Å². The van der Waals surface area contributed by atoms with Gasteiger partial charge in [-0.25, -0.2) is 0 Å². The Bertz CT molecular complexity index is 488. The second kappa shape index (κ2) is 7.35. The standard InChI is InChI=1S/C13H15N3OS2/c1-2-11-12(17)15-13(19-11)16-14-8-9-18-10-6-4-3-5-7-10/h3-8,11H,2,9H2,1H3,(H,15,16,17)/b14-8-. The maximum Gasteiger partial charge on any atom is 0.239 e. The number of nitrogens with one attached hydrogen (secondary N) is 1. The van der Waals surface area contributed by atoms with Crippen LogP contribution >= 0.6 is 23.5 Å². The lowest BCUT2D eigenvalue weighted by Crippen LogP contribution is -2.24. The summed E-state index contributed by atoms with van der Waals surface area (Å²) < 4.78 is 0. The minimum atomic E-state index is -0.0207. The van der Waals surface area contributed by atoms with Crippen LogP contribution in [0.5, 0.6) is 0 Å². The van der Waals surface area contributed by atoms with Gasteiger partial charge < -0.3 is 5.32 Å². The molecule has 1 atom stereocenters. The molecule has 100 valence electrons. The number of hydrogen-bond acceptors (Lipinski definition) is 5. The summed E-state index contributed by atoms with van der Waals surface area (Å²) in [7, 11) is 0. The minimum Gasteiger partial charge on any atom is -0.303 e. The topological polar surface area (TPSA) is 53.8 Å². The highest BCUT2D eigenvalue weighted by Gasteiger charge is 2.28. The Labute approximate surface area is 121 Å². The number of nitrogens with zero attached hydrogens (tertiary/aromatic N) is 2. The van der Waals surface area contributed by atoms with Gasteiger partial charge in [-0.15, -0.1) is 16.9 Å². The number of amides is 1. The Hall–Kier alpha value is -1.27.